The monoisotopic (exact) mass is 368 g/mol. The molecule has 0 radical (unpaired) electrons. The lowest BCUT2D eigenvalue weighted by molar-refractivity contribution is 0.0954. The molecule has 140 valence electrons. The predicted molar refractivity (Wildman–Crippen MR) is 101 cm³/mol. The van der Waals surface area contributed by atoms with Gasteiger partial charge in [-0.2, -0.15) is 5.10 Å². The zero-order chi connectivity index (χ0) is 19.4. The van der Waals surface area contributed by atoms with Gasteiger partial charge in [0.25, 0.3) is 5.91 Å². The van der Waals surface area contributed by atoms with Gasteiger partial charge >= 0.3 is 0 Å². The summed E-state index contributed by atoms with van der Waals surface area (Å²) in [4.78, 5) is 11.9. The molecule has 1 aromatic carbocycles. The van der Waals surface area contributed by atoms with Crippen LogP contribution in [0, 0.1) is 26.6 Å². The molecule has 0 spiro atoms. The Morgan fingerprint density at radius 1 is 1.11 bits per heavy atom. The van der Waals surface area contributed by atoms with Crippen LogP contribution in [0.2, 0.25) is 0 Å². The van der Waals surface area contributed by atoms with Crippen molar-refractivity contribution < 1.29 is 9.18 Å². The minimum absolute atomic E-state index is 0.291. The quantitative estimate of drug-likeness (QED) is 0.653. The van der Waals surface area contributed by atoms with Crippen LogP contribution in [0.15, 0.2) is 36.4 Å². The summed E-state index contributed by atoms with van der Waals surface area (Å²) in [6, 6.07) is 9.21. The second-order valence-corrected chi connectivity index (χ2v) is 6.18. The first-order valence-electron chi connectivity index (χ1n) is 8.60. The SMILES string of the molecule is Cc1nn(-c2ccc(NCCNC(=O)c3cccc(F)c3)nn2)c(C)c1C. The maximum Gasteiger partial charge on any atom is 0.251 e. The minimum atomic E-state index is -0.436. The Morgan fingerprint density at radius 2 is 1.93 bits per heavy atom. The third kappa shape index (κ3) is 4.28. The van der Waals surface area contributed by atoms with Gasteiger partial charge in [0, 0.05) is 24.3 Å². The lowest BCUT2D eigenvalue weighted by Crippen LogP contribution is -2.29. The first-order chi connectivity index (χ1) is 13.0. The zero-order valence-corrected chi connectivity index (χ0v) is 15.5. The molecule has 8 heteroatoms. The molecular weight excluding hydrogens is 347 g/mol. The molecule has 0 bridgehead atoms. The Labute approximate surface area is 156 Å². The smallest absolute Gasteiger partial charge is 0.251 e. The minimum Gasteiger partial charge on any atom is -0.367 e. The van der Waals surface area contributed by atoms with E-state index in [1.807, 2.05) is 32.9 Å². The lowest BCUT2D eigenvalue weighted by atomic mass is 10.2. The maximum atomic E-state index is 13.1. The number of nitrogens with one attached hydrogen (secondary N) is 2. The van der Waals surface area contributed by atoms with E-state index in [-0.39, 0.29) is 5.91 Å². The van der Waals surface area contributed by atoms with E-state index in [9.17, 15) is 9.18 Å². The van der Waals surface area contributed by atoms with Crippen LogP contribution in [0.1, 0.15) is 27.3 Å². The zero-order valence-electron chi connectivity index (χ0n) is 15.5. The van der Waals surface area contributed by atoms with E-state index in [1.54, 1.807) is 10.7 Å². The lowest BCUT2D eigenvalue weighted by Gasteiger charge is -2.08. The molecule has 0 saturated heterocycles. The van der Waals surface area contributed by atoms with Crippen LogP contribution < -0.4 is 10.6 Å². The molecular formula is C19H21FN6O. The number of anilines is 1. The van der Waals surface area contributed by atoms with Crippen LogP contribution in [0.5, 0.6) is 0 Å². The first kappa shape index (κ1) is 18.5. The average molecular weight is 368 g/mol. The number of aryl methyl sites for hydroxylation is 1. The highest BCUT2D eigenvalue weighted by Crippen LogP contribution is 2.15. The molecule has 2 aromatic heterocycles. The van der Waals surface area contributed by atoms with Crippen molar-refractivity contribution >= 4 is 11.7 Å². The number of halogens is 1. The van der Waals surface area contributed by atoms with E-state index in [0.717, 1.165) is 17.0 Å². The Balaban J connectivity index is 1.52. The first-order valence-corrected chi connectivity index (χ1v) is 8.60. The number of nitrogens with zero attached hydrogens (tertiary/aromatic N) is 4. The van der Waals surface area contributed by atoms with E-state index in [2.05, 4.69) is 25.9 Å². The molecule has 27 heavy (non-hydrogen) atoms. The highest BCUT2D eigenvalue weighted by Gasteiger charge is 2.10. The fraction of sp³-hybridized carbons (Fsp3) is 0.263. The van der Waals surface area contributed by atoms with Gasteiger partial charge in [-0.15, -0.1) is 10.2 Å². The summed E-state index contributed by atoms with van der Waals surface area (Å²) in [7, 11) is 0. The van der Waals surface area contributed by atoms with Gasteiger partial charge in [-0.1, -0.05) is 6.07 Å². The largest absolute Gasteiger partial charge is 0.367 e. The summed E-state index contributed by atoms with van der Waals surface area (Å²) >= 11 is 0. The van der Waals surface area contributed by atoms with Crippen molar-refractivity contribution in [1.29, 1.82) is 0 Å². The number of amides is 1. The van der Waals surface area contributed by atoms with Gasteiger partial charge in [-0.3, -0.25) is 4.79 Å². The summed E-state index contributed by atoms with van der Waals surface area (Å²) in [5.74, 6) is 0.484. The second kappa shape index (κ2) is 7.94. The van der Waals surface area contributed by atoms with Crippen molar-refractivity contribution in [1.82, 2.24) is 25.3 Å². The van der Waals surface area contributed by atoms with E-state index < -0.39 is 5.82 Å². The Hall–Kier alpha value is -3.29. The normalized spacial score (nSPS) is 10.7. The number of aromatic nitrogens is 4. The molecule has 0 saturated carbocycles. The predicted octanol–water partition coefficient (Wildman–Crippen LogP) is 2.57. The fourth-order valence-corrected chi connectivity index (χ4v) is 2.57. The van der Waals surface area contributed by atoms with Gasteiger partial charge < -0.3 is 10.6 Å². The van der Waals surface area contributed by atoms with Crippen LogP contribution in [0.25, 0.3) is 5.82 Å². The topological polar surface area (TPSA) is 84.7 Å². The van der Waals surface area contributed by atoms with Crippen LogP contribution >= 0.6 is 0 Å². The molecule has 0 atom stereocenters. The number of carbonyl (C=O) groups is 1. The van der Waals surface area contributed by atoms with Crippen LogP contribution in [-0.2, 0) is 0 Å². The maximum absolute atomic E-state index is 13.1. The van der Waals surface area contributed by atoms with Crippen molar-refractivity contribution in [3.8, 4) is 5.82 Å². The standard InChI is InChI=1S/C19H21FN6O/c1-12-13(2)25-26(14(12)3)18-8-7-17(23-24-18)21-9-10-22-19(27)15-5-4-6-16(20)11-15/h4-8,11H,9-10H2,1-3H3,(H,21,23)(H,22,27). The van der Waals surface area contributed by atoms with Crippen LogP contribution in [0.4, 0.5) is 10.2 Å². The Bertz CT molecular complexity index is 951. The van der Waals surface area contributed by atoms with Crippen molar-refractivity contribution in [2.75, 3.05) is 18.4 Å². The molecule has 3 rings (SSSR count). The number of rotatable bonds is 6. The fourth-order valence-electron chi connectivity index (χ4n) is 2.57. The van der Waals surface area contributed by atoms with Crippen molar-refractivity contribution in [3.05, 3.63) is 64.7 Å². The number of hydrogen-bond acceptors (Lipinski definition) is 5. The van der Waals surface area contributed by atoms with E-state index in [1.165, 1.54) is 18.2 Å². The molecule has 2 heterocycles. The molecule has 0 aliphatic heterocycles. The highest BCUT2D eigenvalue weighted by atomic mass is 19.1. The summed E-state index contributed by atoms with van der Waals surface area (Å²) < 4.78 is 14.9. The van der Waals surface area contributed by atoms with Gasteiger partial charge in [0.1, 0.15) is 11.6 Å². The number of carbonyl (C=O) groups excluding carboxylic acids is 1. The molecule has 0 unspecified atom stereocenters. The second-order valence-electron chi connectivity index (χ2n) is 6.18. The van der Waals surface area contributed by atoms with Gasteiger partial charge in [0.05, 0.1) is 5.69 Å². The van der Waals surface area contributed by atoms with Gasteiger partial charge in [0.15, 0.2) is 5.82 Å². The molecule has 3 aromatic rings. The molecule has 2 N–H and O–H groups in total. The average Bonchev–Trinajstić information content (AvgIpc) is 2.93. The van der Waals surface area contributed by atoms with Crippen LogP contribution in [0.3, 0.4) is 0 Å². The van der Waals surface area contributed by atoms with Gasteiger partial charge in [-0.05, 0) is 56.7 Å². The van der Waals surface area contributed by atoms with Crippen molar-refractivity contribution in [2.45, 2.75) is 20.8 Å². The summed E-state index contributed by atoms with van der Waals surface area (Å²) in [6.45, 7) is 6.81. The Kier molecular flexibility index (Phi) is 5.44. The van der Waals surface area contributed by atoms with Crippen molar-refractivity contribution in [3.63, 3.8) is 0 Å². The third-order valence-electron chi connectivity index (χ3n) is 4.32. The number of benzene rings is 1. The van der Waals surface area contributed by atoms with Crippen molar-refractivity contribution in [2.24, 2.45) is 0 Å². The molecule has 1 amide bonds. The van der Waals surface area contributed by atoms with E-state index in [4.69, 9.17) is 0 Å². The summed E-state index contributed by atoms with van der Waals surface area (Å²) in [5, 5.41) is 18.6. The molecule has 0 aliphatic rings. The summed E-state index contributed by atoms with van der Waals surface area (Å²) in [5.41, 5.74) is 3.42. The Morgan fingerprint density at radius 3 is 2.56 bits per heavy atom. The number of hydrogen-bond donors (Lipinski definition) is 2. The molecule has 0 aliphatic carbocycles. The van der Waals surface area contributed by atoms with Crippen LogP contribution in [-0.4, -0.2) is 39.0 Å². The third-order valence-corrected chi connectivity index (χ3v) is 4.32. The van der Waals surface area contributed by atoms with Gasteiger partial charge in [-0.25, -0.2) is 9.07 Å². The molecule has 0 fully saturated rings. The van der Waals surface area contributed by atoms with E-state index >= 15 is 0 Å². The van der Waals surface area contributed by atoms with Gasteiger partial charge in [0.2, 0.25) is 0 Å². The molecule has 7 nitrogen and oxygen atoms in total. The highest BCUT2D eigenvalue weighted by molar-refractivity contribution is 5.94. The summed E-state index contributed by atoms with van der Waals surface area (Å²) in [6.07, 6.45) is 0. The van der Waals surface area contributed by atoms with E-state index in [0.29, 0.717) is 30.3 Å².